The van der Waals surface area contributed by atoms with E-state index in [1.807, 2.05) is 24.3 Å². The normalized spacial score (nSPS) is 18.0. The van der Waals surface area contributed by atoms with E-state index in [0.29, 0.717) is 48.0 Å². The molecule has 1 aliphatic rings. The van der Waals surface area contributed by atoms with Crippen LogP contribution in [0, 0.1) is 11.8 Å². The molecule has 9 heteroatoms. The molecule has 6 nitrogen and oxygen atoms in total. The second-order valence-corrected chi connectivity index (χ2v) is 8.98. The quantitative estimate of drug-likeness (QED) is 0.370. The van der Waals surface area contributed by atoms with Crippen LogP contribution >= 0.6 is 0 Å². The van der Waals surface area contributed by atoms with Crippen LogP contribution in [0.3, 0.4) is 0 Å². The summed E-state index contributed by atoms with van der Waals surface area (Å²) in [4.78, 5) is 16.7. The number of halogens is 3. The predicted molar refractivity (Wildman–Crippen MR) is 132 cm³/mol. The number of hydrogen-bond acceptors (Lipinski definition) is 5. The van der Waals surface area contributed by atoms with Crippen LogP contribution in [-0.2, 0) is 11.0 Å². The van der Waals surface area contributed by atoms with Crippen LogP contribution in [-0.4, -0.2) is 37.7 Å². The number of rotatable bonds is 9. The van der Waals surface area contributed by atoms with E-state index < -0.39 is 11.7 Å². The molecule has 192 valence electrons. The Hall–Kier alpha value is -3.49. The topological polar surface area (TPSA) is 72.5 Å². The van der Waals surface area contributed by atoms with Crippen molar-refractivity contribution in [1.29, 1.82) is 0 Å². The molecule has 0 atom stereocenters. The van der Waals surface area contributed by atoms with Crippen molar-refractivity contribution < 1.29 is 27.4 Å². The molecule has 4 rings (SSSR count). The van der Waals surface area contributed by atoms with Crippen molar-refractivity contribution in [2.24, 2.45) is 11.8 Å². The Morgan fingerprint density at radius 1 is 1.06 bits per heavy atom. The van der Waals surface area contributed by atoms with Crippen molar-refractivity contribution in [3.63, 3.8) is 0 Å². The minimum atomic E-state index is -4.40. The SMILES string of the molecule is COc1ccccc1OCCNC(=O)C1CCC(CNc2ccnc3cc(C(F)(F)F)ccc23)CC1. The molecule has 0 aliphatic heterocycles. The molecule has 1 saturated carbocycles. The fraction of sp³-hybridized carbons (Fsp3) is 0.407. The van der Waals surface area contributed by atoms with E-state index in [1.54, 1.807) is 13.2 Å². The fourth-order valence-electron chi connectivity index (χ4n) is 4.58. The van der Waals surface area contributed by atoms with Gasteiger partial charge in [0.15, 0.2) is 11.5 Å². The van der Waals surface area contributed by atoms with Crippen molar-refractivity contribution in [1.82, 2.24) is 10.3 Å². The first-order chi connectivity index (χ1) is 17.3. The lowest BCUT2D eigenvalue weighted by Crippen LogP contribution is -2.36. The summed E-state index contributed by atoms with van der Waals surface area (Å²) in [5, 5.41) is 7.00. The molecule has 2 N–H and O–H groups in total. The van der Waals surface area contributed by atoms with Crippen LogP contribution in [0.25, 0.3) is 10.9 Å². The average Bonchev–Trinajstić information content (AvgIpc) is 2.89. The third-order valence-electron chi connectivity index (χ3n) is 6.60. The number of hydrogen-bond donors (Lipinski definition) is 2. The first kappa shape index (κ1) is 25.6. The number of amides is 1. The summed E-state index contributed by atoms with van der Waals surface area (Å²) in [6.45, 7) is 1.47. The number of benzene rings is 2. The van der Waals surface area contributed by atoms with E-state index in [0.717, 1.165) is 43.5 Å². The van der Waals surface area contributed by atoms with Gasteiger partial charge in [-0.05, 0) is 61.9 Å². The maximum Gasteiger partial charge on any atom is 0.416 e. The highest BCUT2D eigenvalue weighted by molar-refractivity contribution is 5.91. The zero-order valence-corrected chi connectivity index (χ0v) is 20.1. The Morgan fingerprint density at radius 2 is 1.81 bits per heavy atom. The summed E-state index contributed by atoms with van der Waals surface area (Å²) in [6, 6.07) is 12.8. The first-order valence-electron chi connectivity index (χ1n) is 12.1. The van der Waals surface area contributed by atoms with Crippen LogP contribution in [0.2, 0.25) is 0 Å². The van der Waals surface area contributed by atoms with Gasteiger partial charge in [0.05, 0.1) is 24.7 Å². The van der Waals surface area contributed by atoms with E-state index >= 15 is 0 Å². The number of ether oxygens (including phenoxy) is 2. The van der Waals surface area contributed by atoms with Gasteiger partial charge in [0.1, 0.15) is 6.61 Å². The molecule has 0 spiro atoms. The number of para-hydroxylation sites is 2. The number of nitrogens with zero attached hydrogens (tertiary/aromatic N) is 1. The van der Waals surface area contributed by atoms with Crippen LogP contribution in [0.4, 0.5) is 18.9 Å². The molecule has 0 bridgehead atoms. The number of alkyl halides is 3. The predicted octanol–water partition coefficient (Wildman–Crippen LogP) is 5.68. The van der Waals surface area contributed by atoms with E-state index in [-0.39, 0.29) is 11.8 Å². The zero-order chi connectivity index (χ0) is 25.5. The van der Waals surface area contributed by atoms with Crippen molar-refractivity contribution in [3.8, 4) is 11.5 Å². The minimum Gasteiger partial charge on any atom is -0.493 e. The number of carbonyl (C=O) groups is 1. The molecule has 36 heavy (non-hydrogen) atoms. The van der Waals surface area contributed by atoms with E-state index in [9.17, 15) is 18.0 Å². The van der Waals surface area contributed by atoms with Crippen LogP contribution in [0.5, 0.6) is 11.5 Å². The Kier molecular flexibility index (Phi) is 8.18. The van der Waals surface area contributed by atoms with Gasteiger partial charge >= 0.3 is 6.18 Å². The monoisotopic (exact) mass is 501 g/mol. The third-order valence-corrected chi connectivity index (χ3v) is 6.60. The Labute approximate surface area is 208 Å². The molecule has 1 aliphatic carbocycles. The molecule has 0 radical (unpaired) electrons. The number of nitrogens with one attached hydrogen (secondary N) is 2. The van der Waals surface area contributed by atoms with Gasteiger partial charge in [-0.15, -0.1) is 0 Å². The second-order valence-electron chi connectivity index (χ2n) is 8.98. The Morgan fingerprint density at radius 3 is 2.53 bits per heavy atom. The lowest BCUT2D eigenvalue weighted by atomic mass is 9.81. The number of aromatic nitrogens is 1. The first-order valence-corrected chi connectivity index (χ1v) is 12.1. The average molecular weight is 502 g/mol. The van der Waals surface area contributed by atoms with Gasteiger partial charge in [0, 0.05) is 29.7 Å². The van der Waals surface area contributed by atoms with Gasteiger partial charge in [0.2, 0.25) is 5.91 Å². The molecule has 0 unspecified atom stereocenters. The van der Waals surface area contributed by atoms with Crippen molar-refractivity contribution in [3.05, 3.63) is 60.3 Å². The van der Waals surface area contributed by atoms with Crippen molar-refractivity contribution in [2.75, 3.05) is 32.1 Å². The molecule has 0 saturated heterocycles. The smallest absolute Gasteiger partial charge is 0.416 e. The lowest BCUT2D eigenvalue weighted by Gasteiger charge is -2.28. The van der Waals surface area contributed by atoms with Gasteiger partial charge < -0.3 is 20.1 Å². The van der Waals surface area contributed by atoms with E-state index in [2.05, 4.69) is 15.6 Å². The lowest BCUT2D eigenvalue weighted by molar-refractivity contribution is -0.137. The van der Waals surface area contributed by atoms with Crippen LogP contribution in [0.1, 0.15) is 31.2 Å². The molecule has 1 heterocycles. The maximum atomic E-state index is 13.0. The highest BCUT2D eigenvalue weighted by Crippen LogP contribution is 2.33. The minimum absolute atomic E-state index is 0.0185. The number of pyridine rings is 1. The van der Waals surface area contributed by atoms with E-state index in [1.165, 1.54) is 12.3 Å². The molecular weight excluding hydrogens is 471 g/mol. The highest BCUT2D eigenvalue weighted by Gasteiger charge is 2.31. The van der Waals surface area contributed by atoms with Crippen molar-refractivity contribution >= 4 is 22.5 Å². The van der Waals surface area contributed by atoms with Crippen molar-refractivity contribution in [2.45, 2.75) is 31.9 Å². The molecule has 2 aromatic carbocycles. The second kappa shape index (κ2) is 11.5. The fourth-order valence-corrected chi connectivity index (χ4v) is 4.58. The molecule has 1 aromatic heterocycles. The number of carbonyl (C=O) groups excluding carboxylic acids is 1. The van der Waals surface area contributed by atoms with Gasteiger partial charge in [-0.3, -0.25) is 9.78 Å². The summed E-state index contributed by atoms with van der Waals surface area (Å²) < 4.78 is 50.0. The summed E-state index contributed by atoms with van der Waals surface area (Å²) in [5.41, 5.74) is 0.371. The summed E-state index contributed by atoms with van der Waals surface area (Å²) >= 11 is 0. The van der Waals surface area contributed by atoms with Gasteiger partial charge in [-0.1, -0.05) is 18.2 Å². The van der Waals surface area contributed by atoms with Gasteiger partial charge in [0.25, 0.3) is 0 Å². The summed E-state index contributed by atoms with van der Waals surface area (Å²) in [6.07, 6.45) is 0.541. The molecule has 1 fully saturated rings. The largest absolute Gasteiger partial charge is 0.493 e. The highest BCUT2D eigenvalue weighted by atomic mass is 19.4. The molecule has 3 aromatic rings. The van der Waals surface area contributed by atoms with Gasteiger partial charge in [-0.2, -0.15) is 13.2 Å². The van der Waals surface area contributed by atoms with Crippen LogP contribution in [0.15, 0.2) is 54.7 Å². The standard InChI is InChI=1S/C27H30F3N3O3/c1-35-24-4-2-3-5-25(24)36-15-14-32-26(34)19-8-6-18(7-9-19)17-33-22-12-13-31-23-16-20(27(28,29)30)10-11-21(22)23/h2-5,10-13,16,18-19H,6-9,14-15,17H2,1H3,(H,31,33)(H,32,34). The zero-order valence-electron chi connectivity index (χ0n) is 20.1. The molecular formula is C27H30F3N3O3. The maximum absolute atomic E-state index is 13.0. The number of anilines is 1. The summed E-state index contributed by atoms with van der Waals surface area (Å²) in [7, 11) is 1.59. The van der Waals surface area contributed by atoms with Crippen LogP contribution < -0.4 is 20.1 Å². The molecule has 1 amide bonds. The van der Waals surface area contributed by atoms with E-state index in [4.69, 9.17) is 9.47 Å². The number of fused-ring (bicyclic) bond motifs is 1. The summed E-state index contributed by atoms with van der Waals surface area (Å²) in [5.74, 6) is 1.72. The Balaban J connectivity index is 1.21. The third kappa shape index (κ3) is 6.38. The number of methoxy groups -OCH3 is 1. The van der Waals surface area contributed by atoms with Gasteiger partial charge in [-0.25, -0.2) is 0 Å². The Bertz CT molecular complexity index is 1180.